The predicted molar refractivity (Wildman–Crippen MR) is 154 cm³/mol. The van der Waals surface area contributed by atoms with Crippen LogP contribution in [0.4, 0.5) is 23.7 Å². The van der Waals surface area contributed by atoms with E-state index in [1.807, 2.05) is 26.0 Å². The van der Waals surface area contributed by atoms with Gasteiger partial charge in [-0.25, -0.2) is 13.2 Å². The fourth-order valence-electron chi connectivity index (χ4n) is 5.33. The van der Waals surface area contributed by atoms with Crippen molar-refractivity contribution in [3.8, 4) is 0 Å². The summed E-state index contributed by atoms with van der Waals surface area (Å²) in [6.07, 6.45) is -1.06. The molecule has 1 amide bonds. The van der Waals surface area contributed by atoms with Crippen molar-refractivity contribution in [2.24, 2.45) is 5.92 Å². The monoisotopic (exact) mass is 597 g/mol. The van der Waals surface area contributed by atoms with Crippen molar-refractivity contribution in [3.63, 3.8) is 0 Å². The number of sulfonamides is 1. The summed E-state index contributed by atoms with van der Waals surface area (Å²) >= 11 is 0. The van der Waals surface area contributed by atoms with Gasteiger partial charge in [0.05, 0.1) is 10.5 Å². The third-order valence-electron chi connectivity index (χ3n) is 7.45. The first-order chi connectivity index (χ1) is 19.2. The van der Waals surface area contributed by atoms with Gasteiger partial charge < -0.3 is 20.6 Å². The number of hydrogen-bond donors (Lipinski definition) is 2. The van der Waals surface area contributed by atoms with Crippen LogP contribution in [0.15, 0.2) is 47.4 Å². The SMILES string of the molecule is CC(C)[NH-].CCN(CC1CCN(C(=O)O)CC1)C1CCc2ccc(NS(=O)(=O)c3ccc(C(F)(F)F)cc3)cc2C1. The lowest BCUT2D eigenvalue weighted by Gasteiger charge is -2.39. The number of carboxylic acid groups (broad SMARTS) is 1. The fourth-order valence-corrected chi connectivity index (χ4v) is 6.37. The highest BCUT2D eigenvalue weighted by molar-refractivity contribution is 7.92. The molecule has 2 aliphatic rings. The number of carbonyl (C=O) groups is 1. The van der Waals surface area contributed by atoms with Gasteiger partial charge in [-0.05, 0) is 92.1 Å². The van der Waals surface area contributed by atoms with Crippen molar-refractivity contribution in [1.29, 1.82) is 0 Å². The molecule has 0 aromatic heterocycles. The first-order valence-electron chi connectivity index (χ1n) is 13.9. The molecule has 12 heteroatoms. The first kappa shape index (κ1) is 32.7. The number of halogens is 3. The zero-order valence-corrected chi connectivity index (χ0v) is 24.6. The molecule has 8 nitrogen and oxygen atoms in total. The lowest BCUT2D eigenvalue weighted by atomic mass is 9.86. The molecule has 1 atom stereocenters. The van der Waals surface area contributed by atoms with Gasteiger partial charge in [0, 0.05) is 31.4 Å². The molecule has 3 N–H and O–H groups in total. The van der Waals surface area contributed by atoms with Crippen LogP contribution in [0, 0.1) is 5.92 Å². The molecule has 0 saturated carbocycles. The second-order valence-corrected chi connectivity index (χ2v) is 12.6. The number of amides is 1. The molecule has 1 unspecified atom stereocenters. The van der Waals surface area contributed by atoms with Crippen LogP contribution in [0.1, 0.15) is 56.7 Å². The van der Waals surface area contributed by atoms with Crippen LogP contribution < -0.4 is 4.72 Å². The largest absolute Gasteiger partial charge is 0.675 e. The molecule has 0 bridgehead atoms. The first-order valence-corrected chi connectivity index (χ1v) is 15.4. The molecule has 1 aliphatic carbocycles. The molecule has 4 rings (SSSR count). The van der Waals surface area contributed by atoms with Crippen molar-refractivity contribution < 1.29 is 31.5 Å². The average Bonchev–Trinajstić information content (AvgIpc) is 2.90. The number of anilines is 1. The summed E-state index contributed by atoms with van der Waals surface area (Å²) in [5.74, 6) is 0.443. The zero-order chi connectivity index (χ0) is 30.4. The molecule has 1 saturated heterocycles. The van der Waals surface area contributed by atoms with E-state index >= 15 is 0 Å². The number of rotatable bonds is 7. The highest BCUT2D eigenvalue weighted by atomic mass is 32.2. The van der Waals surface area contributed by atoms with E-state index in [0.29, 0.717) is 30.7 Å². The van der Waals surface area contributed by atoms with E-state index in [4.69, 9.17) is 5.73 Å². The molecule has 1 fully saturated rings. The summed E-state index contributed by atoms with van der Waals surface area (Å²) in [7, 11) is -4.04. The molecule has 2 aromatic carbocycles. The number of hydrogen-bond acceptors (Lipinski definition) is 4. The van der Waals surface area contributed by atoms with Crippen LogP contribution >= 0.6 is 0 Å². The third kappa shape index (κ3) is 9.34. The van der Waals surface area contributed by atoms with Crippen molar-refractivity contribution >= 4 is 21.8 Å². The minimum absolute atomic E-state index is 0.0833. The molecule has 0 spiro atoms. The maximum absolute atomic E-state index is 12.8. The number of aryl methyl sites for hydroxylation is 1. The lowest BCUT2D eigenvalue weighted by molar-refractivity contribution is -0.137. The molecule has 1 heterocycles. The Morgan fingerprint density at radius 2 is 1.71 bits per heavy atom. The number of nitrogens with one attached hydrogen (secondary N) is 2. The smallest absolute Gasteiger partial charge is 0.416 e. The van der Waals surface area contributed by atoms with Crippen molar-refractivity contribution in [3.05, 3.63) is 64.9 Å². The van der Waals surface area contributed by atoms with Gasteiger partial charge >= 0.3 is 12.3 Å². The third-order valence-corrected chi connectivity index (χ3v) is 8.85. The molecule has 1 aliphatic heterocycles. The Balaban J connectivity index is 0.00000108. The number of likely N-dealkylation sites (tertiary alicyclic amines) is 1. The minimum Gasteiger partial charge on any atom is -0.675 e. The number of piperidine rings is 1. The lowest BCUT2D eigenvalue weighted by Crippen LogP contribution is -2.45. The van der Waals surface area contributed by atoms with E-state index in [0.717, 1.165) is 75.0 Å². The Bertz CT molecular complexity index is 1260. The van der Waals surface area contributed by atoms with Crippen molar-refractivity contribution in [2.75, 3.05) is 30.9 Å². The highest BCUT2D eigenvalue weighted by Crippen LogP contribution is 2.31. The van der Waals surface area contributed by atoms with Gasteiger partial charge in [-0.2, -0.15) is 13.2 Å². The summed E-state index contributed by atoms with van der Waals surface area (Å²) in [5, 5.41) is 9.18. The van der Waals surface area contributed by atoms with E-state index in [9.17, 15) is 31.5 Å². The van der Waals surface area contributed by atoms with Gasteiger partial charge in [-0.3, -0.25) is 4.72 Å². The minimum atomic E-state index is -4.53. The summed E-state index contributed by atoms with van der Waals surface area (Å²) in [6.45, 7) is 8.70. The summed E-state index contributed by atoms with van der Waals surface area (Å²) < 4.78 is 66.6. The molecule has 0 radical (unpaired) electrons. The maximum Gasteiger partial charge on any atom is 0.416 e. The van der Waals surface area contributed by atoms with Crippen LogP contribution in [0.3, 0.4) is 0 Å². The van der Waals surface area contributed by atoms with E-state index < -0.39 is 27.9 Å². The quantitative estimate of drug-likeness (QED) is 0.377. The average molecular weight is 598 g/mol. The Hall–Kier alpha value is -2.83. The van der Waals surface area contributed by atoms with Crippen LogP contribution in [0.25, 0.3) is 5.73 Å². The van der Waals surface area contributed by atoms with Crippen molar-refractivity contribution in [1.82, 2.24) is 9.80 Å². The highest BCUT2D eigenvalue weighted by Gasteiger charge is 2.31. The predicted octanol–water partition coefficient (Wildman–Crippen LogP) is 6.52. The summed E-state index contributed by atoms with van der Waals surface area (Å²) in [4.78, 5) is 14.9. The number of nitrogens with zero attached hydrogens (tertiary/aromatic N) is 2. The molecular formula is C29H40F3N4O4S-. The fraction of sp³-hybridized carbons (Fsp3) is 0.552. The van der Waals surface area contributed by atoms with E-state index in [2.05, 4.69) is 16.5 Å². The van der Waals surface area contributed by atoms with Gasteiger partial charge in [0.15, 0.2) is 0 Å². The van der Waals surface area contributed by atoms with Crippen LogP contribution in [0.5, 0.6) is 0 Å². The topological polar surface area (TPSA) is 114 Å². The second kappa shape index (κ2) is 13.9. The Morgan fingerprint density at radius 1 is 1.10 bits per heavy atom. The van der Waals surface area contributed by atoms with Gasteiger partial charge in [-0.15, -0.1) is 6.04 Å². The molecular weight excluding hydrogens is 557 g/mol. The van der Waals surface area contributed by atoms with Gasteiger partial charge in [-0.1, -0.05) is 26.8 Å². The van der Waals surface area contributed by atoms with Gasteiger partial charge in [0.1, 0.15) is 0 Å². The Kier molecular flexibility index (Phi) is 11.1. The van der Waals surface area contributed by atoms with E-state index in [1.54, 1.807) is 6.07 Å². The Labute approximate surface area is 240 Å². The van der Waals surface area contributed by atoms with Crippen LogP contribution in [-0.4, -0.2) is 67.7 Å². The maximum atomic E-state index is 12.8. The van der Waals surface area contributed by atoms with Gasteiger partial charge in [0.2, 0.25) is 0 Å². The number of alkyl halides is 3. The van der Waals surface area contributed by atoms with E-state index in [-0.39, 0.29) is 10.9 Å². The van der Waals surface area contributed by atoms with Gasteiger partial charge in [0.25, 0.3) is 10.0 Å². The van der Waals surface area contributed by atoms with E-state index in [1.165, 1.54) is 10.5 Å². The van der Waals surface area contributed by atoms with Crippen molar-refractivity contribution in [2.45, 2.75) is 76.0 Å². The van der Waals surface area contributed by atoms with Crippen LogP contribution in [0.2, 0.25) is 0 Å². The Morgan fingerprint density at radius 3 is 2.24 bits per heavy atom. The zero-order valence-electron chi connectivity index (χ0n) is 23.7. The number of benzene rings is 2. The van der Waals surface area contributed by atoms with Crippen LogP contribution in [-0.2, 0) is 29.0 Å². The normalized spacial score (nSPS) is 18.1. The molecule has 2 aromatic rings. The standard InChI is InChI=1S/C26H32F3N3O4S.C3H8N/c1-2-31(17-18-11-13-32(14-12-18)25(33)34)23-8-4-19-3-7-22(15-20(19)16-23)30-37(35,36)24-9-5-21(6-10-24)26(27,28)29;1-3(2)4/h3,5-7,9-10,15,18,23,30H,2,4,8,11-14,16-17H2,1H3,(H,33,34);3-4H,1-2H3/q;-1. The summed E-state index contributed by atoms with van der Waals surface area (Å²) in [6, 6.07) is 9.25. The second-order valence-electron chi connectivity index (χ2n) is 11.0. The summed E-state index contributed by atoms with van der Waals surface area (Å²) in [5.41, 5.74) is 8.28. The molecule has 41 heavy (non-hydrogen) atoms. The number of fused-ring (bicyclic) bond motifs is 1. The number of likely N-dealkylation sites (N-methyl/N-ethyl adjacent to an activating group) is 1. The molecule has 228 valence electrons.